The van der Waals surface area contributed by atoms with Gasteiger partial charge >= 0.3 is 5.97 Å². The maximum Gasteiger partial charge on any atom is 0.329 e. The molecule has 1 fully saturated rings. The van der Waals surface area contributed by atoms with Crippen LogP contribution in [-0.2, 0) is 9.59 Å². The summed E-state index contributed by atoms with van der Waals surface area (Å²) >= 11 is 0. The van der Waals surface area contributed by atoms with Gasteiger partial charge in [-0.15, -0.1) is 0 Å². The zero-order valence-corrected chi connectivity index (χ0v) is 11.5. The molecule has 104 valence electrons. The second-order valence-corrected chi connectivity index (χ2v) is 5.44. The van der Waals surface area contributed by atoms with Crippen molar-refractivity contribution >= 4 is 11.9 Å². The lowest BCUT2D eigenvalue weighted by Gasteiger charge is -2.41. The Morgan fingerprint density at radius 3 is 2.61 bits per heavy atom. The summed E-state index contributed by atoms with van der Waals surface area (Å²) in [5.41, 5.74) is -1.02. The molecule has 1 saturated heterocycles. The summed E-state index contributed by atoms with van der Waals surface area (Å²) in [6.45, 7) is 6.85. The monoisotopic (exact) mass is 256 g/mol. The number of hydrogen-bond donors (Lipinski definition) is 2. The van der Waals surface area contributed by atoms with Crippen molar-refractivity contribution in [2.45, 2.75) is 58.0 Å². The number of carbonyl (C=O) groups is 2. The van der Waals surface area contributed by atoms with Crippen LogP contribution in [0, 0.1) is 0 Å². The first-order valence-electron chi connectivity index (χ1n) is 6.65. The third-order valence-corrected chi connectivity index (χ3v) is 3.54. The summed E-state index contributed by atoms with van der Waals surface area (Å²) in [6.07, 6.45) is 2.68. The molecule has 0 aromatic carbocycles. The van der Waals surface area contributed by atoms with Gasteiger partial charge in [0.25, 0.3) is 0 Å². The zero-order valence-electron chi connectivity index (χ0n) is 11.5. The smallest absolute Gasteiger partial charge is 0.329 e. The van der Waals surface area contributed by atoms with E-state index >= 15 is 0 Å². The number of nitrogens with zero attached hydrogens (tertiary/aromatic N) is 1. The van der Waals surface area contributed by atoms with E-state index < -0.39 is 11.5 Å². The van der Waals surface area contributed by atoms with Crippen LogP contribution < -0.4 is 5.32 Å². The lowest BCUT2D eigenvalue weighted by Crippen LogP contribution is -2.57. The first-order chi connectivity index (χ1) is 8.38. The normalized spacial score (nSPS) is 24.3. The third kappa shape index (κ3) is 3.45. The Morgan fingerprint density at radius 1 is 1.39 bits per heavy atom. The molecule has 1 unspecified atom stereocenters. The molecule has 5 heteroatoms. The van der Waals surface area contributed by atoms with Crippen molar-refractivity contribution in [1.82, 2.24) is 10.2 Å². The second-order valence-electron chi connectivity index (χ2n) is 5.44. The maximum atomic E-state index is 12.1. The largest absolute Gasteiger partial charge is 0.480 e. The molecule has 0 radical (unpaired) electrons. The van der Waals surface area contributed by atoms with Crippen molar-refractivity contribution in [3.05, 3.63) is 0 Å². The minimum Gasteiger partial charge on any atom is -0.480 e. The van der Waals surface area contributed by atoms with Gasteiger partial charge in [0, 0.05) is 25.6 Å². The molecular formula is C13H24N2O3. The molecule has 5 nitrogen and oxygen atoms in total. The van der Waals surface area contributed by atoms with E-state index in [4.69, 9.17) is 0 Å². The number of carbonyl (C=O) groups excluding carboxylic acids is 1. The molecule has 0 saturated carbocycles. The van der Waals surface area contributed by atoms with Crippen molar-refractivity contribution in [3.63, 3.8) is 0 Å². The summed E-state index contributed by atoms with van der Waals surface area (Å²) < 4.78 is 0. The van der Waals surface area contributed by atoms with Crippen LogP contribution in [0.2, 0.25) is 0 Å². The fourth-order valence-corrected chi connectivity index (χ4v) is 2.35. The molecule has 0 aliphatic carbocycles. The molecule has 0 aromatic heterocycles. The van der Waals surface area contributed by atoms with Crippen LogP contribution in [0.4, 0.5) is 0 Å². The number of rotatable bonds is 5. The molecule has 0 aromatic rings. The van der Waals surface area contributed by atoms with Crippen molar-refractivity contribution < 1.29 is 14.7 Å². The molecule has 1 amide bonds. The molecule has 1 rings (SSSR count). The quantitative estimate of drug-likeness (QED) is 0.776. The lowest BCUT2D eigenvalue weighted by atomic mass is 9.88. The number of piperidine rings is 1. The Morgan fingerprint density at radius 2 is 2.06 bits per heavy atom. The van der Waals surface area contributed by atoms with Gasteiger partial charge in [0.05, 0.1) is 0 Å². The van der Waals surface area contributed by atoms with Crippen LogP contribution in [0.25, 0.3) is 0 Å². The second kappa shape index (κ2) is 6.18. The van der Waals surface area contributed by atoms with Gasteiger partial charge in [-0.25, -0.2) is 4.79 Å². The molecule has 18 heavy (non-hydrogen) atoms. The number of likely N-dealkylation sites (tertiary alicyclic amines) is 1. The Kier molecular flexibility index (Phi) is 5.14. The van der Waals surface area contributed by atoms with Gasteiger partial charge in [0.15, 0.2) is 0 Å². The molecule has 1 aliphatic heterocycles. The predicted molar refractivity (Wildman–Crippen MR) is 69.4 cm³/mol. The Balaban J connectivity index is 2.61. The highest BCUT2D eigenvalue weighted by Crippen LogP contribution is 2.28. The minimum atomic E-state index is -1.02. The number of nitrogens with one attached hydrogen (secondary N) is 1. The molecule has 0 bridgehead atoms. The predicted octanol–water partition coefficient (Wildman–Crippen LogP) is 1.23. The van der Waals surface area contributed by atoms with Gasteiger partial charge in [-0.2, -0.15) is 0 Å². The SMILES string of the molecule is CC(C)NCCC(=O)N1CCCCC1(C)C(=O)O. The van der Waals surface area contributed by atoms with Gasteiger partial charge in [0.1, 0.15) is 5.54 Å². The fraction of sp³-hybridized carbons (Fsp3) is 0.846. The Bertz CT molecular complexity index is 317. The standard InChI is InChI=1S/C13H24N2O3/c1-10(2)14-8-6-11(16)15-9-5-4-7-13(15,3)12(17)18/h10,14H,4-9H2,1-3H3,(H,17,18). The van der Waals surface area contributed by atoms with E-state index in [1.54, 1.807) is 11.8 Å². The fourth-order valence-electron chi connectivity index (χ4n) is 2.35. The highest BCUT2D eigenvalue weighted by atomic mass is 16.4. The molecule has 1 atom stereocenters. The van der Waals surface area contributed by atoms with Crippen molar-refractivity contribution in [1.29, 1.82) is 0 Å². The average molecular weight is 256 g/mol. The van der Waals surface area contributed by atoms with Crippen LogP contribution in [-0.4, -0.2) is 46.6 Å². The summed E-state index contributed by atoms with van der Waals surface area (Å²) in [5.74, 6) is -0.958. The summed E-state index contributed by atoms with van der Waals surface area (Å²) in [6, 6.07) is 0.338. The lowest BCUT2D eigenvalue weighted by molar-refractivity contribution is -0.160. The molecule has 1 heterocycles. The summed E-state index contributed by atoms with van der Waals surface area (Å²) in [7, 11) is 0. The van der Waals surface area contributed by atoms with Crippen LogP contribution in [0.1, 0.15) is 46.5 Å². The highest BCUT2D eigenvalue weighted by Gasteiger charge is 2.43. The minimum absolute atomic E-state index is 0.0623. The maximum absolute atomic E-state index is 12.1. The van der Waals surface area contributed by atoms with Crippen LogP contribution in [0.5, 0.6) is 0 Å². The van der Waals surface area contributed by atoms with E-state index in [0.29, 0.717) is 32.0 Å². The van der Waals surface area contributed by atoms with Crippen LogP contribution in [0.15, 0.2) is 0 Å². The number of amides is 1. The number of carboxylic acid groups (broad SMARTS) is 1. The molecular weight excluding hydrogens is 232 g/mol. The zero-order chi connectivity index (χ0) is 13.8. The molecule has 0 spiro atoms. The van der Waals surface area contributed by atoms with Gasteiger partial charge in [0.2, 0.25) is 5.91 Å². The number of hydrogen-bond acceptors (Lipinski definition) is 3. The van der Waals surface area contributed by atoms with E-state index in [1.165, 1.54) is 0 Å². The van der Waals surface area contributed by atoms with Crippen LogP contribution in [0.3, 0.4) is 0 Å². The van der Waals surface area contributed by atoms with Crippen molar-refractivity contribution in [2.75, 3.05) is 13.1 Å². The molecule has 1 aliphatic rings. The van der Waals surface area contributed by atoms with Gasteiger partial charge in [-0.1, -0.05) is 13.8 Å². The Hall–Kier alpha value is -1.10. The summed E-state index contributed by atoms with van der Waals surface area (Å²) in [4.78, 5) is 25.0. The van der Waals surface area contributed by atoms with E-state index in [2.05, 4.69) is 5.32 Å². The summed E-state index contributed by atoms with van der Waals surface area (Å²) in [5, 5.41) is 12.5. The third-order valence-electron chi connectivity index (χ3n) is 3.54. The van der Waals surface area contributed by atoms with E-state index in [9.17, 15) is 14.7 Å². The first kappa shape index (κ1) is 15.0. The van der Waals surface area contributed by atoms with E-state index in [0.717, 1.165) is 12.8 Å². The van der Waals surface area contributed by atoms with Gasteiger partial charge in [-0.3, -0.25) is 4.79 Å². The number of carboxylic acids is 1. The average Bonchev–Trinajstić information content (AvgIpc) is 2.28. The van der Waals surface area contributed by atoms with Crippen LogP contribution >= 0.6 is 0 Å². The van der Waals surface area contributed by atoms with Crippen molar-refractivity contribution in [3.8, 4) is 0 Å². The van der Waals surface area contributed by atoms with Gasteiger partial charge in [-0.05, 0) is 26.2 Å². The number of aliphatic carboxylic acids is 1. The van der Waals surface area contributed by atoms with E-state index in [1.807, 2.05) is 13.8 Å². The topological polar surface area (TPSA) is 69.6 Å². The van der Waals surface area contributed by atoms with Crippen molar-refractivity contribution in [2.24, 2.45) is 0 Å². The highest BCUT2D eigenvalue weighted by molar-refractivity contribution is 5.87. The van der Waals surface area contributed by atoms with Gasteiger partial charge < -0.3 is 15.3 Å². The van der Waals surface area contributed by atoms with E-state index in [-0.39, 0.29) is 5.91 Å². The molecule has 2 N–H and O–H groups in total. The Labute approximate surface area is 109 Å². The first-order valence-corrected chi connectivity index (χ1v) is 6.65.